The van der Waals surface area contributed by atoms with Crippen molar-refractivity contribution in [3.05, 3.63) is 28.2 Å². The number of hydrogen-bond donors (Lipinski definition) is 2. The molecule has 1 unspecified atom stereocenters. The van der Waals surface area contributed by atoms with Crippen molar-refractivity contribution in [3.8, 4) is 0 Å². The minimum Gasteiger partial charge on any atom is -0.393 e. The van der Waals surface area contributed by atoms with Crippen LogP contribution < -0.4 is 4.90 Å². The maximum Gasteiger partial charge on any atom is 0.0702 e. The molecule has 0 heterocycles. The van der Waals surface area contributed by atoms with Crippen molar-refractivity contribution in [1.82, 2.24) is 0 Å². The number of hydrogen-bond acceptors (Lipinski definition) is 3. The van der Waals surface area contributed by atoms with Crippen LogP contribution in [-0.2, 0) is 6.61 Å². The van der Waals surface area contributed by atoms with Gasteiger partial charge in [0.1, 0.15) is 0 Å². The van der Waals surface area contributed by atoms with Crippen LogP contribution in [0, 0.1) is 0 Å². The Morgan fingerprint density at radius 1 is 1.44 bits per heavy atom. The molecule has 1 aromatic carbocycles. The van der Waals surface area contributed by atoms with Crippen molar-refractivity contribution in [3.63, 3.8) is 0 Å². The van der Waals surface area contributed by atoms with Gasteiger partial charge in [-0.05, 0) is 31.5 Å². The second kappa shape index (κ2) is 6.23. The van der Waals surface area contributed by atoms with Crippen LogP contribution >= 0.6 is 15.9 Å². The van der Waals surface area contributed by atoms with Crippen molar-refractivity contribution in [1.29, 1.82) is 0 Å². The highest BCUT2D eigenvalue weighted by atomic mass is 79.9. The Morgan fingerprint density at radius 3 is 2.69 bits per heavy atom. The fourth-order valence-corrected chi connectivity index (χ4v) is 1.96. The molecule has 0 spiro atoms. The minimum atomic E-state index is -0.296. The zero-order valence-corrected chi connectivity index (χ0v) is 11.2. The number of halogens is 1. The van der Waals surface area contributed by atoms with Gasteiger partial charge in [-0.25, -0.2) is 0 Å². The summed E-state index contributed by atoms with van der Waals surface area (Å²) in [5.41, 5.74) is 1.90. The molecule has 0 aliphatic heterocycles. The van der Waals surface area contributed by atoms with Gasteiger partial charge in [0.2, 0.25) is 0 Å². The molecule has 2 N–H and O–H groups in total. The summed E-state index contributed by atoms with van der Waals surface area (Å²) in [4.78, 5) is 2.05. The van der Waals surface area contributed by atoms with Gasteiger partial charge in [-0.3, -0.25) is 0 Å². The molecule has 1 atom stereocenters. The normalized spacial score (nSPS) is 12.6. The molecule has 90 valence electrons. The lowest BCUT2D eigenvalue weighted by Gasteiger charge is -2.22. The lowest BCUT2D eigenvalue weighted by molar-refractivity contribution is 0.187. The summed E-state index contributed by atoms with van der Waals surface area (Å²) < 4.78 is 0.962. The van der Waals surface area contributed by atoms with E-state index in [2.05, 4.69) is 15.9 Å². The van der Waals surface area contributed by atoms with Crippen LogP contribution in [0.2, 0.25) is 0 Å². The summed E-state index contributed by atoms with van der Waals surface area (Å²) in [6.07, 6.45) is 0.424. The molecule has 0 saturated carbocycles. The van der Waals surface area contributed by atoms with E-state index in [1.54, 1.807) is 6.92 Å². The van der Waals surface area contributed by atoms with E-state index in [1.165, 1.54) is 0 Å². The SMILES string of the molecule is CC(O)CCN(C)c1ccc(Br)cc1CO. The van der Waals surface area contributed by atoms with Crippen molar-refractivity contribution < 1.29 is 10.2 Å². The first-order chi connectivity index (χ1) is 7.54. The number of aliphatic hydroxyl groups excluding tert-OH is 2. The standard InChI is InChI=1S/C12H18BrNO2/c1-9(16)5-6-14(2)12-4-3-11(13)7-10(12)8-15/h3-4,7,9,15-16H,5-6,8H2,1-2H3. The summed E-state index contributed by atoms with van der Waals surface area (Å²) in [6, 6.07) is 5.83. The van der Waals surface area contributed by atoms with Crippen molar-refractivity contribution in [2.75, 3.05) is 18.5 Å². The third-order valence-electron chi connectivity index (χ3n) is 2.51. The van der Waals surface area contributed by atoms with Gasteiger partial charge >= 0.3 is 0 Å². The largest absolute Gasteiger partial charge is 0.393 e. The van der Waals surface area contributed by atoms with Crippen LogP contribution in [0.5, 0.6) is 0 Å². The van der Waals surface area contributed by atoms with Crippen LogP contribution in [-0.4, -0.2) is 29.9 Å². The van der Waals surface area contributed by atoms with E-state index in [0.29, 0.717) is 0 Å². The van der Waals surface area contributed by atoms with E-state index in [9.17, 15) is 10.2 Å². The van der Waals surface area contributed by atoms with Gasteiger partial charge in [0.25, 0.3) is 0 Å². The predicted molar refractivity (Wildman–Crippen MR) is 69.6 cm³/mol. The smallest absolute Gasteiger partial charge is 0.0702 e. The maximum absolute atomic E-state index is 9.27. The van der Waals surface area contributed by atoms with Gasteiger partial charge in [-0.1, -0.05) is 15.9 Å². The van der Waals surface area contributed by atoms with Crippen LogP contribution in [0.3, 0.4) is 0 Å². The fraction of sp³-hybridized carbons (Fsp3) is 0.500. The van der Waals surface area contributed by atoms with Crippen LogP contribution in [0.15, 0.2) is 22.7 Å². The van der Waals surface area contributed by atoms with Gasteiger partial charge in [0.15, 0.2) is 0 Å². The Bertz CT molecular complexity index is 342. The highest BCUT2D eigenvalue weighted by Gasteiger charge is 2.08. The average molecular weight is 288 g/mol. The van der Waals surface area contributed by atoms with E-state index in [0.717, 1.165) is 28.7 Å². The van der Waals surface area contributed by atoms with E-state index in [-0.39, 0.29) is 12.7 Å². The number of benzene rings is 1. The molecule has 16 heavy (non-hydrogen) atoms. The molecular weight excluding hydrogens is 270 g/mol. The molecule has 0 aliphatic rings. The summed E-state index contributed by atoms with van der Waals surface area (Å²) in [5.74, 6) is 0. The molecule has 1 aromatic rings. The third-order valence-corrected chi connectivity index (χ3v) is 3.00. The van der Waals surface area contributed by atoms with Gasteiger partial charge in [-0.15, -0.1) is 0 Å². The number of anilines is 1. The zero-order chi connectivity index (χ0) is 12.1. The Balaban J connectivity index is 2.77. The first-order valence-corrected chi connectivity index (χ1v) is 6.12. The Hall–Kier alpha value is -0.580. The topological polar surface area (TPSA) is 43.7 Å². The zero-order valence-electron chi connectivity index (χ0n) is 9.65. The van der Waals surface area contributed by atoms with Crippen molar-refractivity contribution in [2.45, 2.75) is 26.1 Å². The predicted octanol–water partition coefficient (Wildman–Crippen LogP) is 2.15. The van der Waals surface area contributed by atoms with E-state index >= 15 is 0 Å². The number of nitrogens with zero attached hydrogens (tertiary/aromatic N) is 1. The highest BCUT2D eigenvalue weighted by molar-refractivity contribution is 9.10. The molecule has 0 bridgehead atoms. The molecule has 0 amide bonds. The number of rotatable bonds is 5. The van der Waals surface area contributed by atoms with E-state index in [4.69, 9.17) is 0 Å². The van der Waals surface area contributed by atoms with Crippen molar-refractivity contribution >= 4 is 21.6 Å². The van der Waals surface area contributed by atoms with Gasteiger partial charge < -0.3 is 15.1 Å². The highest BCUT2D eigenvalue weighted by Crippen LogP contribution is 2.24. The molecular formula is C12H18BrNO2. The Morgan fingerprint density at radius 2 is 2.12 bits per heavy atom. The molecule has 0 aromatic heterocycles. The first-order valence-electron chi connectivity index (χ1n) is 5.33. The molecule has 0 fully saturated rings. The lowest BCUT2D eigenvalue weighted by Crippen LogP contribution is -2.22. The van der Waals surface area contributed by atoms with Crippen LogP contribution in [0.25, 0.3) is 0 Å². The monoisotopic (exact) mass is 287 g/mol. The fourth-order valence-electron chi connectivity index (χ4n) is 1.55. The van der Waals surface area contributed by atoms with Gasteiger partial charge in [0.05, 0.1) is 12.7 Å². The second-order valence-corrected chi connectivity index (χ2v) is 4.91. The molecule has 3 nitrogen and oxygen atoms in total. The summed E-state index contributed by atoms with van der Waals surface area (Å²) in [7, 11) is 1.96. The first kappa shape index (κ1) is 13.5. The molecule has 1 rings (SSSR count). The van der Waals surface area contributed by atoms with Gasteiger partial charge in [0, 0.05) is 29.3 Å². The van der Waals surface area contributed by atoms with Gasteiger partial charge in [-0.2, -0.15) is 0 Å². The third kappa shape index (κ3) is 3.77. The molecule has 0 saturated heterocycles. The Kier molecular flexibility index (Phi) is 5.25. The summed E-state index contributed by atoms with van der Waals surface area (Å²) >= 11 is 3.38. The molecule has 0 aliphatic carbocycles. The van der Waals surface area contributed by atoms with Crippen molar-refractivity contribution in [2.24, 2.45) is 0 Å². The van der Waals surface area contributed by atoms with E-state index in [1.807, 2.05) is 30.1 Å². The average Bonchev–Trinajstić information content (AvgIpc) is 2.25. The molecule has 4 heteroatoms. The van der Waals surface area contributed by atoms with Crippen LogP contribution in [0.4, 0.5) is 5.69 Å². The second-order valence-electron chi connectivity index (χ2n) is 3.99. The molecule has 0 radical (unpaired) electrons. The van der Waals surface area contributed by atoms with Crippen LogP contribution in [0.1, 0.15) is 18.9 Å². The minimum absolute atomic E-state index is 0.0216. The van der Waals surface area contributed by atoms with E-state index < -0.39 is 0 Å². The summed E-state index contributed by atoms with van der Waals surface area (Å²) in [5, 5.41) is 18.5. The number of aliphatic hydroxyl groups is 2. The summed E-state index contributed by atoms with van der Waals surface area (Å²) in [6.45, 7) is 2.57. The quantitative estimate of drug-likeness (QED) is 0.872. The Labute approximate surface area is 105 Å². The maximum atomic E-state index is 9.27. The lowest BCUT2D eigenvalue weighted by atomic mass is 10.1.